The van der Waals surface area contributed by atoms with Crippen LogP contribution in [0, 0.1) is 0 Å². The molecule has 242 valence electrons. The summed E-state index contributed by atoms with van der Waals surface area (Å²) in [5.74, 6) is 1.56. The predicted octanol–water partition coefficient (Wildman–Crippen LogP) is 5.73. The number of carbonyl (C=O) groups excluding carboxylic acids is 1. The van der Waals surface area contributed by atoms with Crippen LogP contribution in [-0.2, 0) is 22.5 Å². The molecule has 1 amide bonds. The first kappa shape index (κ1) is 32.8. The molecule has 1 aliphatic rings. The van der Waals surface area contributed by atoms with Gasteiger partial charge in [0.25, 0.3) is 5.91 Å². The molecule has 0 saturated carbocycles. The number of amides is 1. The van der Waals surface area contributed by atoms with E-state index in [1.807, 2.05) is 66.7 Å². The lowest BCUT2D eigenvalue weighted by Gasteiger charge is -2.31. The second kappa shape index (κ2) is 15.6. The van der Waals surface area contributed by atoms with Crippen molar-refractivity contribution < 1.29 is 28.8 Å². The first-order chi connectivity index (χ1) is 23.0. The highest BCUT2D eigenvalue weighted by Gasteiger charge is 2.53. The molecule has 0 bridgehead atoms. The fourth-order valence-electron chi connectivity index (χ4n) is 5.43. The third-order valence-electron chi connectivity index (χ3n) is 7.70. The summed E-state index contributed by atoms with van der Waals surface area (Å²) in [6, 6.07) is 29.2. The predicted molar refractivity (Wildman–Crippen MR) is 177 cm³/mol. The molecule has 5 rings (SSSR count). The number of benzene rings is 4. The summed E-state index contributed by atoms with van der Waals surface area (Å²) in [7, 11) is 3.12. The Labute approximate surface area is 272 Å². The summed E-state index contributed by atoms with van der Waals surface area (Å²) in [5.41, 5.74) is 16.8. The average molecular weight is 637 g/mol. The minimum Gasteiger partial charge on any atom is -0.494 e. The van der Waals surface area contributed by atoms with E-state index in [4.69, 9.17) is 29.0 Å². The lowest BCUT2D eigenvalue weighted by atomic mass is 9.81. The van der Waals surface area contributed by atoms with E-state index in [0.29, 0.717) is 47.1 Å². The molecule has 3 N–H and O–H groups in total. The molecular formula is C35H36N6O6. The number of para-hydroxylation sites is 1. The van der Waals surface area contributed by atoms with Gasteiger partial charge in [-0.1, -0.05) is 71.8 Å². The van der Waals surface area contributed by atoms with E-state index in [-0.39, 0.29) is 25.5 Å². The Morgan fingerprint density at radius 2 is 1.72 bits per heavy atom. The minimum absolute atomic E-state index is 0.0402. The van der Waals surface area contributed by atoms with E-state index in [1.165, 1.54) is 0 Å². The highest BCUT2D eigenvalue weighted by Crippen LogP contribution is 2.43. The molecule has 0 aromatic heterocycles. The first-order valence-corrected chi connectivity index (χ1v) is 15.0. The number of aliphatic imine (C=N–C) groups is 1. The quantitative estimate of drug-likeness (QED) is 0.0494. The van der Waals surface area contributed by atoms with Crippen molar-refractivity contribution >= 4 is 17.5 Å². The Hall–Kier alpha value is -5.55. The fraction of sp³-hybridized carbons (Fsp3) is 0.257. The van der Waals surface area contributed by atoms with Crippen LogP contribution in [0.5, 0.6) is 17.2 Å². The number of aliphatic hydroxyl groups excluding tert-OH is 1. The van der Waals surface area contributed by atoms with Gasteiger partial charge in [0.05, 0.1) is 20.8 Å². The van der Waals surface area contributed by atoms with Gasteiger partial charge < -0.3 is 24.1 Å². The van der Waals surface area contributed by atoms with Crippen LogP contribution in [0.4, 0.5) is 5.69 Å². The van der Waals surface area contributed by atoms with E-state index in [1.54, 1.807) is 44.6 Å². The molecule has 4 aromatic carbocycles. The van der Waals surface area contributed by atoms with Crippen LogP contribution in [-0.4, -0.2) is 49.9 Å². The largest absolute Gasteiger partial charge is 0.494 e. The molecule has 0 aliphatic carbocycles. The molecule has 12 nitrogen and oxygen atoms in total. The van der Waals surface area contributed by atoms with Crippen LogP contribution < -0.4 is 25.1 Å². The summed E-state index contributed by atoms with van der Waals surface area (Å²) in [4.78, 5) is 22.5. The van der Waals surface area contributed by atoms with E-state index in [0.717, 1.165) is 11.1 Å². The van der Waals surface area contributed by atoms with E-state index in [9.17, 15) is 10.3 Å². The van der Waals surface area contributed by atoms with E-state index < -0.39 is 17.6 Å². The number of hydrogen-bond acceptors (Lipinski definition) is 9. The van der Waals surface area contributed by atoms with Gasteiger partial charge in [-0.3, -0.25) is 10.2 Å². The molecule has 0 radical (unpaired) electrons. The van der Waals surface area contributed by atoms with Crippen molar-refractivity contribution in [3.8, 4) is 17.2 Å². The van der Waals surface area contributed by atoms with Gasteiger partial charge in [-0.15, -0.1) is 0 Å². The van der Waals surface area contributed by atoms with Crippen LogP contribution in [0.2, 0.25) is 0 Å². The van der Waals surface area contributed by atoms with E-state index in [2.05, 4.69) is 20.9 Å². The number of aliphatic hydroxyl groups is 1. The highest BCUT2D eigenvalue weighted by molar-refractivity contribution is 6.01. The summed E-state index contributed by atoms with van der Waals surface area (Å²) in [6.45, 7) is 0.646. The summed E-state index contributed by atoms with van der Waals surface area (Å²) in [5, 5.41) is 13.0. The van der Waals surface area contributed by atoms with Crippen molar-refractivity contribution in [2.45, 2.75) is 31.0 Å². The Bertz CT molecular complexity index is 1740. The minimum atomic E-state index is -1.53. The zero-order valence-corrected chi connectivity index (χ0v) is 26.1. The van der Waals surface area contributed by atoms with Crippen molar-refractivity contribution in [2.75, 3.05) is 27.4 Å². The van der Waals surface area contributed by atoms with Crippen LogP contribution in [0.15, 0.2) is 107 Å². The van der Waals surface area contributed by atoms with Crippen molar-refractivity contribution in [1.82, 2.24) is 10.9 Å². The van der Waals surface area contributed by atoms with Crippen LogP contribution in [0.3, 0.4) is 0 Å². The number of azide groups is 1. The van der Waals surface area contributed by atoms with Gasteiger partial charge in [0, 0.05) is 47.7 Å². The average Bonchev–Trinajstić information content (AvgIpc) is 3.50. The second-order valence-corrected chi connectivity index (χ2v) is 10.7. The Kier molecular flexibility index (Phi) is 10.9. The molecule has 4 aromatic rings. The molecule has 0 spiro atoms. The van der Waals surface area contributed by atoms with Gasteiger partial charge in [-0.05, 0) is 47.0 Å². The summed E-state index contributed by atoms with van der Waals surface area (Å²) in [6.07, 6.45) is -0.264. The molecule has 0 fully saturated rings. The molecule has 0 unspecified atom stereocenters. The van der Waals surface area contributed by atoms with Crippen molar-refractivity contribution in [3.63, 3.8) is 0 Å². The smallest absolute Gasteiger partial charge is 0.266 e. The number of rotatable bonds is 15. The van der Waals surface area contributed by atoms with E-state index >= 15 is 0 Å². The lowest BCUT2D eigenvalue weighted by Crippen LogP contribution is -2.53. The van der Waals surface area contributed by atoms with Gasteiger partial charge in [-0.25, -0.2) is 10.4 Å². The molecule has 1 aliphatic heterocycles. The van der Waals surface area contributed by atoms with Gasteiger partial charge in [0.1, 0.15) is 5.75 Å². The Morgan fingerprint density at radius 1 is 0.979 bits per heavy atom. The maximum atomic E-state index is 14.5. The number of hydrogen-bond donors (Lipinski definition) is 3. The number of nitrogens with one attached hydrogen (secondary N) is 2. The van der Waals surface area contributed by atoms with Crippen molar-refractivity contribution in [2.24, 2.45) is 10.1 Å². The zero-order valence-electron chi connectivity index (χ0n) is 26.1. The highest BCUT2D eigenvalue weighted by atomic mass is 16.5. The fourth-order valence-corrected chi connectivity index (χ4v) is 5.43. The van der Waals surface area contributed by atoms with Crippen LogP contribution in [0.25, 0.3) is 10.4 Å². The SMILES string of the molecule is COc1cccc(CNNC(=O)[C@@]2(Cc3ccccc3N=[N+]=[N-])N=C(c3ccc(OCCCO)cc3)O[C@H]2c2ccccc2)c1OC. The van der Waals surface area contributed by atoms with Crippen LogP contribution >= 0.6 is 0 Å². The van der Waals surface area contributed by atoms with Gasteiger partial charge in [0.15, 0.2) is 23.1 Å². The summed E-state index contributed by atoms with van der Waals surface area (Å²) < 4.78 is 23.2. The number of carbonyl (C=O) groups is 1. The van der Waals surface area contributed by atoms with Crippen molar-refractivity contribution in [1.29, 1.82) is 0 Å². The third-order valence-corrected chi connectivity index (χ3v) is 7.70. The van der Waals surface area contributed by atoms with Crippen LogP contribution in [0.1, 0.15) is 34.8 Å². The maximum absolute atomic E-state index is 14.5. The summed E-state index contributed by atoms with van der Waals surface area (Å²) >= 11 is 0. The third kappa shape index (κ3) is 7.47. The number of ether oxygens (including phenoxy) is 4. The number of methoxy groups -OCH3 is 2. The topological polar surface area (TPSA) is 159 Å². The second-order valence-electron chi connectivity index (χ2n) is 10.7. The number of nitrogens with zero attached hydrogens (tertiary/aromatic N) is 4. The lowest BCUT2D eigenvalue weighted by molar-refractivity contribution is -0.130. The van der Waals surface area contributed by atoms with Crippen molar-refractivity contribution in [3.05, 3.63) is 130 Å². The molecule has 1 heterocycles. The molecule has 12 heteroatoms. The molecule has 0 saturated heterocycles. The van der Waals surface area contributed by atoms with Gasteiger partial charge in [-0.2, -0.15) is 0 Å². The van der Waals surface area contributed by atoms with Gasteiger partial charge >= 0.3 is 0 Å². The monoisotopic (exact) mass is 636 g/mol. The Balaban J connectivity index is 1.54. The Morgan fingerprint density at radius 3 is 2.45 bits per heavy atom. The zero-order chi connectivity index (χ0) is 33.1. The normalized spacial score (nSPS) is 16.7. The molecule has 47 heavy (non-hydrogen) atoms. The standard InChI is InChI=1S/C35H36N6O6/c1-44-30-15-8-13-27(31(30)45-2)23-37-40-34(43)35(22-26-12-6-7-14-29(26)39-41-36)32(24-10-4-3-5-11-24)47-33(38-35)25-16-18-28(19-17-25)46-21-9-20-42/h3-8,10-19,32,37,42H,9,20-23H2,1-2H3,(H,40,43)/t32-,35-/m0/s1. The molecule has 2 atom stereocenters. The van der Waals surface area contributed by atoms with Gasteiger partial charge in [0.2, 0.25) is 5.90 Å². The first-order valence-electron chi connectivity index (χ1n) is 15.0. The molecular weight excluding hydrogens is 600 g/mol. The maximum Gasteiger partial charge on any atom is 0.266 e. The number of hydrazine groups is 1.